The summed E-state index contributed by atoms with van der Waals surface area (Å²) in [6, 6.07) is 5.23. The van der Waals surface area contributed by atoms with Gasteiger partial charge in [-0.25, -0.2) is 9.97 Å². The lowest BCUT2D eigenvalue weighted by atomic mass is 10.2. The average Bonchev–Trinajstić information content (AvgIpc) is 2.54. The maximum atomic E-state index is 11.9. The van der Waals surface area contributed by atoms with E-state index in [1.165, 1.54) is 6.20 Å². The van der Waals surface area contributed by atoms with Crippen molar-refractivity contribution in [1.82, 2.24) is 14.9 Å². The molecule has 7 heteroatoms. The fourth-order valence-electron chi connectivity index (χ4n) is 2.21. The zero-order chi connectivity index (χ0) is 16.8. The highest BCUT2D eigenvalue weighted by molar-refractivity contribution is 6.31. The van der Waals surface area contributed by atoms with Crippen LogP contribution in [0.15, 0.2) is 24.4 Å². The summed E-state index contributed by atoms with van der Waals surface area (Å²) < 4.78 is 0. The van der Waals surface area contributed by atoms with Crippen LogP contribution in [0.3, 0.4) is 0 Å². The van der Waals surface area contributed by atoms with Crippen LogP contribution in [0.25, 0.3) is 11.0 Å². The first kappa shape index (κ1) is 17.1. The molecule has 0 aliphatic carbocycles. The Balaban J connectivity index is 1.95. The van der Waals surface area contributed by atoms with E-state index in [0.717, 1.165) is 5.39 Å². The molecule has 0 aliphatic heterocycles. The molecule has 2 heterocycles. The van der Waals surface area contributed by atoms with Crippen molar-refractivity contribution >= 4 is 40.3 Å². The van der Waals surface area contributed by atoms with Gasteiger partial charge in [-0.05, 0) is 32.0 Å². The van der Waals surface area contributed by atoms with E-state index < -0.39 is 0 Å². The Bertz CT molecular complexity index is 716. The first-order valence-electron chi connectivity index (χ1n) is 7.53. The number of halogens is 1. The van der Waals surface area contributed by atoms with Crippen LogP contribution in [0.5, 0.6) is 0 Å². The summed E-state index contributed by atoms with van der Waals surface area (Å²) in [5.74, 6) is 0.145. The minimum Gasteiger partial charge on any atom is -0.343 e. The van der Waals surface area contributed by atoms with Gasteiger partial charge in [0.2, 0.25) is 11.8 Å². The second kappa shape index (κ2) is 7.87. The molecule has 0 aliphatic rings. The number of nitrogens with zero attached hydrogens (tertiary/aromatic N) is 3. The lowest BCUT2D eigenvalue weighted by Crippen LogP contribution is -2.31. The number of hydrogen-bond donors (Lipinski definition) is 1. The van der Waals surface area contributed by atoms with E-state index in [2.05, 4.69) is 15.3 Å². The number of rotatable bonds is 6. The molecule has 0 aromatic carbocycles. The molecule has 2 amide bonds. The van der Waals surface area contributed by atoms with Gasteiger partial charge >= 0.3 is 0 Å². The summed E-state index contributed by atoms with van der Waals surface area (Å²) in [6.07, 6.45) is 1.82. The molecule has 0 saturated carbocycles. The molecule has 2 aromatic heterocycles. The van der Waals surface area contributed by atoms with Crippen LogP contribution in [-0.2, 0) is 9.59 Å². The highest BCUT2D eigenvalue weighted by Gasteiger charge is 2.12. The summed E-state index contributed by atoms with van der Waals surface area (Å²) in [6.45, 7) is 5.13. The van der Waals surface area contributed by atoms with Crippen LogP contribution in [0.2, 0.25) is 5.02 Å². The average molecular weight is 335 g/mol. The van der Waals surface area contributed by atoms with Crippen molar-refractivity contribution in [2.24, 2.45) is 0 Å². The predicted octanol–water partition coefficient (Wildman–Crippen LogP) is 2.87. The largest absolute Gasteiger partial charge is 0.343 e. The van der Waals surface area contributed by atoms with Gasteiger partial charge in [-0.15, -0.1) is 0 Å². The third-order valence-corrected chi connectivity index (χ3v) is 3.67. The van der Waals surface area contributed by atoms with Crippen LogP contribution in [0, 0.1) is 0 Å². The number of hydrogen-bond acceptors (Lipinski definition) is 4. The van der Waals surface area contributed by atoms with Gasteiger partial charge in [-0.2, -0.15) is 0 Å². The van der Waals surface area contributed by atoms with Crippen LogP contribution < -0.4 is 5.32 Å². The number of nitrogens with one attached hydrogen (secondary N) is 1. The predicted molar refractivity (Wildman–Crippen MR) is 90.3 cm³/mol. The molecule has 1 N–H and O–H groups in total. The molecule has 0 atom stereocenters. The van der Waals surface area contributed by atoms with Gasteiger partial charge in [0.05, 0.1) is 5.02 Å². The SMILES string of the molecule is CCN(CC)C(=O)CCC(=O)Nc1ccc2cc(Cl)cnc2n1. The Morgan fingerprint density at radius 1 is 1.22 bits per heavy atom. The van der Waals surface area contributed by atoms with Crippen molar-refractivity contribution in [3.63, 3.8) is 0 Å². The van der Waals surface area contributed by atoms with Crippen LogP contribution >= 0.6 is 11.6 Å². The molecular weight excluding hydrogens is 316 g/mol. The Morgan fingerprint density at radius 3 is 2.65 bits per heavy atom. The van der Waals surface area contributed by atoms with E-state index in [1.807, 2.05) is 13.8 Å². The van der Waals surface area contributed by atoms with Gasteiger partial charge in [0.15, 0.2) is 5.65 Å². The maximum absolute atomic E-state index is 11.9. The molecule has 122 valence electrons. The molecule has 0 unspecified atom stereocenters. The van der Waals surface area contributed by atoms with E-state index in [1.54, 1.807) is 23.1 Å². The zero-order valence-corrected chi connectivity index (χ0v) is 13.9. The third kappa shape index (κ3) is 4.63. The van der Waals surface area contributed by atoms with E-state index in [9.17, 15) is 9.59 Å². The monoisotopic (exact) mass is 334 g/mol. The van der Waals surface area contributed by atoms with Crippen molar-refractivity contribution < 1.29 is 9.59 Å². The Morgan fingerprint density at radius 2 is 1.96 bits per heavy atom. The van der Waals surface area contributed by atoms with E-state index in [-0.39, 0.29) is 24.7 Å². The van der Waals surface area contributed by atoms with Gasteiger partial charge in [0.1, 0.15) is 5.82 Å². The molecule has 2 rings (SSSR count). The van der Waals surface area contributed by atoms with Crippen molar-refractivity contribution in [3.8, 4) is 0 Å². The smallest absolute Gasteiger partial charge is 0.226 e. The molecule has 23 heavy (non-hydrogen) atoms. The van der Waals surface area contributed by atoms with Gasteiger partial charge in [0, 0.05) is 37.5 Å². The quantitative estimate of drug-likeness (QED) is 0.881. The summed E-state index contributed by atoms with van der Waals surface area (Å²) in [4.78, 5) is 33.9. The summed E-state index contributed by atoms with van der Waals surface area (Å²) >= 11 is 5.87. The number of fused-ring (bicyclic) bond motifs is 1. The van der Waals surface area contributed by atoms with E-state index >= 15 is 0 Å². The standard InChI is InChI=1S/C16H19ClN4O2/c1-3-21(4-2)15(23)8-7-14(22)19-13-6-5-11-9-12(17)10-18-16(11)20-13/h5-6,9-10H,3-4,7-8H2,1-2H3,(H,18,19,20,22). The van der Waals surface area contributed by atoms with Crippen molar-refractivity contribution in [2.75, 3.05) is 18.4 Å². The normalized spacial score (nSPS) is 10.6. The molecule has 0 saturated heterocycles. The van der Waals surface area contributed by atoms with Gasteiger partial charge in [0.25, 0.3) is 0 Å². The molecule has 6 nitrogen and oxygen atoms in total. The third-order valence-electron chi connectivity index (χ3n) is 3.46. The molecule has 0 spiro atoms. The minimum absolute atomic E-state index is 0.0204. The fraction of sp³-hybridized carbons (Fsp3) is 0.375. The lowest BCUT2D eigenvalue weighted by molar-refractivity contribution is -0.132. The van der Waals surface area contributed by atoms with Gasteiger partial charge < -0.3 is 10.2 Å². The van der Waals surface area contributed by atoms with Crippen LogP contribution in [-0.4, -0.2) is 39.8 Å². The number of carbonyl (C=O) groups excluding carboxylic acids is 2. The highest BCUT2D eigenvalue weighted by Crippen LogP contribution is 2.17. The molecule has 0 fully saturated rings. The molecule has 2 aromatic rings. The van der Waals surface area contributed by atoms with Crippen LogP contribution in [0.1, 0.15) is 26.7 Å². The number of carbonyl (C=O) groups is 2. The van der Waals surface area contributed by atoms with Crippen molar-refractivity contribution in [1.29, 1.82) is 0 Å². The minimum atomic E-state index is -0.244. The number of pyridine rings is 2. The van der Waals surface area contributed by atoms with E-state index in [0.29, 0.717) is 29.6 Å². The number of amides is 2. The summed E-state index contributed by atoms with van der Waals surface area (Å²) in [5.41, 5.74) is 0.506. The van der Waals surface area contributed by atoms with Gasteiger partial charge in [-0.3, -0.25) is 9.59 Å². The lowest BCUT2D eigenvalue weighted by Gasteiger charge is -2.18. The summed E-state index contributed by atoms with van der Waals surface area (Å²) in [5, 5.41) is 4.02. The first-order valence-corrected chi connectivity index (χ1v) is 7.91. The van der Waals surface area contributed by atoms with E-state index in [4.69, 9.17) is 11.6 Å². The van der Waals surface area contributed by atoms with Gasteiger partial charge in [-0.1, -0.05) is 11.6 Å². The van der Waals surface area contributed by atoms with Crippen molar-refractivity contribution in [3.05, 3.63) is 29.4 Å². The fourth-order valence-corrected chi connectivity index (χ4v) is 2.38. The number of aromatic nitrogens is 2. The van der Waals surface area contributed by atoms with Crippen LogP contribution in [0.4, 0.5) is 5.82 Å². The molecule has 0 radical (unpaired) electrons. The Hall–Kier alpha value is -2.21. The number of anilines is 1. The first-order chi connectivity index (χ1) is 11.0. The Labute approximate surface area is 139 Å². The highest BCUT2D eigenvalue weighted by atomic mass is 35.5. The van der Waals surface area contributed by atoms with Crippen molar-refractivity contribution in [2.45, 2.75) is 26.7 Å². The maximum Gasteiger partial charge on any atom is 0.226 e. The Kier molecular flexibility index (Phi) is 5.87. The topological polar surface area (TPSA) is 75.2 Å². The zero-order valence-electron chi connectivity index (χ0n) is 13.2. The second-order valence-corrected chi connectivity index (χ2v) is 5.45. The second-order valence-electron chi connectivity index (χ2n) is 5.01. The summed E-state index contributed by atoms with van der Waals surface area (Å²) in [7, 11) is 0. The molecular formula is C16H19ClN4O2. The molecule has 0 bridgehead atoms.